The molecule has 5 aromatic carbocycles. The summed E-state index contributed by atoms with van der Waals surface area (Å²) in [5.41, 5.74) is 2.28. The zero-order chi connectivity index (χ0) is 36.4. The molecule has 12 nitrogen and oxygen atoms in total. The van der Waals surface area contributed by atoms with E-state index in [2.05, 4.69) is 0 Å². The van der Waals surface area contributed by atoms with E-state index in [0.717, 1.165) is 11.1 Å². The van der Waals surface area contributed by atoms with E-state index in [1.807, 2.05) is 13.0 Å². The molecule has 12 heteroatoms. The summed E-state index contributed by atoms with van der Waals surface area (Å²) in [5, 5.41) is 56.1. The summed E-state index contributed by atoms with van der Waals surface area (Å²) in [6.07, 6.45) is 4.62. The lowest BCUT2D eigenvalue weighted by atomic mass is 9.80. The van der Waals surface area contributed by atoms with Crippen LogP contribution in [0.3, 0.4) is 0 Å². The summed E-state index contributed by atoms with van der Waals surface area (Å²) in [5.74, 6) is -0.746. The van der Waals surface area contributed by atoms with Gasteiger partial charge in [0.05, 0.1) is 64.1 Å². The first-order valence-electron chi connectivity index (χ1n) is 17.1. The van der Waals surface area contributed by atoms with Gasteiger partial charge in [-0.15, -0.1) is 0 Å². The van der Waals surface area contributed by atoms with Crippen molar-refractivity contribution in [2.24, 2.45) is 0 Å². The van der Waals surface area contributed by atoms with E-state index in [4.69, 9.17) is 24.1 Å². The number of hydrogen-bond donors (Lipinski definition) is 5. The van der Waals surface area contributed by atoms with E-state index in [1.165, 1.54) is 19.2 Å². The largest absolute Gasteiger partial charge is 0.507 e. The van der Waals surface area contributed by atoms with E-state index in [1.54, 1.807) is 0 Å². The molecule has 6 rings (SSSR count). The average molecular weight is 703 g/mol. The molecule has 0 radical (unpaired) electrons. The third kappa shape index (κ3) is 6.42. The number of allylic oxidation sites excluding steroid dienone is 1. The highest BCUT2D eigenvalue weighted by molar-refractivity contribution is 6.38. The Morgan fingerprint density at radius 2 is 1.33 bits per heavy atom. The van der Waals surface area contributed by atoms with Gasteiger partial charge in [-0.2, -0.15) is 0 Å². The van der Waals surface area contributed by atoms with Gasteiger partial charge in [-0.3, -0.25) is 14.4 Å². The molecule has 51 heavy (non-hydrogen) atoms. The Morgan fingerprint density at radius 3 is 1.96 bits per heavy atom. The molecule has 0 saturated carbocycles. The van der Waals surface area contributed by atoms with Crippen LogP contribution >= 0.6 is 0 Å². The van der Waals surface area contributed by atoms with Crippen LogP contribution in [0.4, 0.5) is 0 Å². The number of aliphatic hydroxyl groups excluding tert-OH is 3. The van der Waals surface area contributed by atoms with Gasteiger partial charge in [0.15, 0.2) is 22.4 Å². The molecule has 0 bridgehead atoms. The third-order valence-corrected chi connectivity index (χ3v) is 9.70. The van der Waals surface area contributed by atoms with Gasteiger partial charge in [-0.1, -0.05) is 18.1 Å². The second-order valence-corrected chi connectivity index (χ2v) is 12.9. The molecule has 0 aromatic heterocycles. The van der Waals surface area contributed by atoms with Crippen LogP contribution in [0.15, 0.2) is 27.3 Å². The summed E-state index contributed by atoms with van der Waals surface area (Å²) in [7, 11) is 1.41. The molecule has 0 fully saturated rings. The van der Waals surface area contributed by atoms with Gasteiger partial charge in [0, 0.05) is 28.1 Å². The highest BCUT2D eigenvalue weighted by atomic mass is 16.6. The first-order valence-corrected chi connectivity index (χ1v) is 17.1. The van der Waals surface area contributed by atoms with Crippen LogP contribution in [-0.4, -0.2) is 78.3 Å². The lowest BCUT2D eigenvalue weighted by molar-refractivity contribution is -0.145. The lowest BCUT2D eigenvalue weighted by Crippen LogP contribution is -2.13. The monoisotopic (exact) mass is 702 g/mol. The lowest BCUT2D eigenvalue weighted by Gasteiger charge is -2.24. The van der Waals surface area contributed by atoms with Crippen LogP contribution in [0.25, 0.3) is 49.2 Å². The van der Waals surface area contributed by atoms with Crippen molar-refractivity contribution in [3.8, 4) is 17.2 Å². The predicted molar refractivity (Wildman–Crippen MR) is 192 cm³/mol. The van der Waals surface area contributed by atoms with Crippen molar-refractivity contribution in [3.63, 3.8) is 0 Å². The number of hydrogen-bond acceptors (Lipinski definition) is 12. The fourth-order valence-electron chi connectivity index (χ4n) is 7.64. The van der Waals surface area contributed by atoms with E-state index in [0.29, 0.717) is 88.8 Å². The second kappa shape index (κ2) is 15.3. The van der Waals surface area contributed by atoms with Crippen LogP contribution in [0, 0.1) is 0 Å². The van der Waals surface area contributed by atoms with E-state index in [9.17, 15) is 34.8 Å². The highest BCUT2D eigenvalue weighted by Crippen LogP contribution is 2.53. The van der Waals surface area contributed by atoms with E-state index >= 15 is 0 Å². The fourth-order valence-corrected chi connectivity index (χ4v) is 7.64. The zero-order valence-corrected chi connectivity index (χ0v) is 28.7. The molecule has 0 atom stereocenters. The Bertz CT molecular complexity index is 2260. The van der Waals surface area contributed by atoms with E-state index in [-0.39, 0.29) is 78.0 Å². The number of phenols is 2. The number of phenolic OH excluding ortho intramolecular Hbond substituents is 2. The van der Waals surface area contributed by atoms with Crippen molar-refractivity contribution in [2.75, 3.05) is 46.8 Å². The Hall–Kier alpha value is -4.59. The van der Waals surface area contributed by atoms with Gasteiger partial charge >= 0.3 is 5.97 Å². The third-order valence-electron chi connectivity index (χ3n) is 9.70. The Labute approximate surface area is 292 Å². The number of benzene rings is 5. The molecule has 0 saturated heterocycles. The first kappa shape index (κ1) is 36.2. The van der Waals surface area contributed by atoms with Crippen LogP contribution in [0.2, 0.25) is 0 Å². The van der Waals surface area contributed by atoms with Crippen molar-refractivity contribution < 1.29 is 49.3 Å². The number of aliphatic hydroxyl groups is 3. The minimum atomic E-state index is -0.516. The minimum Gasteiger partial charge on any atom is -0.507 e. The van der Waals surface area contributed by atoms with Gasteiger partial charge in [0.2, 0.25) is 0 Å². The number of rotatable bonds is 17. The molecule has 0 spiro atoms. The second-order valence-electron chi connectivity index (χ2n) is 12.9. The van der Waals surface area contributed by atoms with Crippen molar-refractivity contribution in [1.82, 2.24) is 0 Å². The van der Waals surface area contributed by atoms with Gasteiger partial charge in [-0.05, 0) is 83.2 Å². The summed E-state index contributed by atoms with van der Waals surface area (Å²) >= 11 is 0. The fraction of sp³-hybridized carbons (Fsp3) is 0.410. The number of esters is 1. The Balaban J connectivity index is 1.40. The predicted octanol–water partition coefficient (Wildman–Crippen LogP) is 3.93. The SMILES string of the molecule is COc1c(O)c2c(=O)cc(CO)c3c4c(CO)cc(=O)c5c(O)c(CCCCCC(=O)OCCOCCOCCO)c6c(c(c1C=C(C)C6)c23)c54. The average Bonchev–Trinajstić information content (AvgIpc) is 3.26. The molecule has 1 aliphatic rings. The topological polar surface area (TPSA) is 189 Å². The molecule has 0 aliphatic heterocycles. The molecular formula is C39H42O12. The van der Waals surface area contributed by atoms with Crippen LogP contribution < -0.4 is 15.6 Å². The van der Waals surface area contributed by atoms with Crippen molar-refractivity contribution >= 4 is 55.1 Å². The van der Waals surface area contributed by atoms with Gasteiger partial charge < -0.3 is 44.5 Å². The summed E-state index contributed by atoms with van der Waals surface area (Å²) in [6, 6.07) is 2.53. The summed E-state index contributed by atoms with van der Waals surface area (Å²) in [6.45, 7) is 2.10. The number of carbonyl (C=O) groups excluding carboxylic acids is 1. The van der Waals surface area contributed by atoms with Crippen LogP contribution in [0.1, 0.15) is 60.4 Å². The number of ether oxygens (including phenoxy) is 4. The normalized spacial score (nSPS) is 12.8. The maximum atomic E-state index is 13.8. The van der Waals surface area contributed by atoms with Gasteiger partial charge in [0.1, 0.15) is 12.4 Å². The summed E-state index contributed by atoms with van der Waals surface area (Å²) < 4.78 is 21.4. The number of unbranched alkanes of at least 4 members (excludes halogenated alkanes) is 2. The Kier molecular flexibility index (Phi) is 10.9. The number of aromatic hydroxyl groups is 2. The molecule has 5 aromatic rings. The highest BCUT2D eigenvalue weighted by Gasteiger charge is 2.32. The van der Waals surface area contributed by atoms with E-state index < -0.39 is 24.1 Å². The quantitative estimate of drug-likeness (QED) is 0.0407. The number of fused-ring (bicyclic) bond motifs is 1. The van der Waals surface area contributed by atoms with Gasteiger partial charge in [-0.25, -0.2) is 0 Å². The molecule has 0 unspecified atom stereocenters. The minimum absolute atomic E-state index is 0.00531. The Morgan fingerprint density at radius 1 is 0.725 bits per heavy atom. The number of methoxy groups -OCH3 is 1. The van der Waals surface area contributed by atoms with Crippen molar-refractivity contribution in [2.45, 2.75) is 58.7 Å². The standard InChI is InChI=1S/C39H42O12/c1-20-14-24-23(6-4-3-5-7-28(45)51-13-12-50-11-10-49-9-8-40)37(46)33-26(43)16-21(18-41)29-30-22(19-42)17-27(44)34-36(30)32(31(24)35(29)33)25(15-20)39(48-2)38(34)47/h15-17,40-42,46-47H,3-14,18-19H2,1-2H3. The number of carbonyl (C=O) groups is 1. The molecule has 0 heterocycles. The maximum absolute atomic E-state index is 13.8. The summed E-state index contributed by atoms with van der Waals surface area (Å²) in [4.78, 5) is 39.7. The first-order chi connectivity index (χ1) is 24.7. The molecule has 0 amide bonds. The maximum Gasteiger partial charge on any atom is 0.305 e. The smallest absolute Gasteiger partial charge is 0.305 e. The van der Waals surface area contributed by atoms with Crippen molar-refractivity contribution in [3.05, 3.63) is 66.0 Å². The van der Waals surface area contributed by atoms with Crippen LogP contribution in [0.5, 0.6) is 17.2 Å². The molecular weight excluding hydrogens is 660 g/mol. The zero-order valence-electron chi connectivity index (χ0n) is 28.7. The molecule has 1 aliphatic carbocycles. The van der Waals surface area contributed by atoms with Gasteiger partial charge in [0.25, 0.3) is 0 Å². The van der Waals surface area contributed by atoms with Crippen molar-refractivity contribution in [1.29, 1.82) is 0 Å². The molecule has 270 valence electrons. The van der Waals surface area contributed by atoms with Crippen LogP contribution in [-0.2, 0) is 45.1 Å². The molecule has 5 N–H and O–H groups in total.